The number of rotatable bonds is 10. The highest BCUT2D eigenvalue weighted by atomic mass is 28.4. The molecule has 0 saturated carbocycles. The SMILES string of the molecule is CCO[Si](CCc1ccc(C)cc1OC)(OCC)OCC. The van der Waals surface area contributed by atoms with Gasteiger partial charge in [-0.25, -0.2) is 0 Å². The summed E-state index contributed by atoms with van der Waals surface area (Å²) in [6.45, 7) is 9.82. The lowest BCUT2D eigenvalue weighted by molar-refractivity contribution is 0.0714. The molecule has 21 heavy (non-hydrogen) atoms. The van der Waals surface area contributed by atoms with E-state index in [1.165, 1.54) is 11.1 Å². The number of hydrogen-bond acceptors (Lipinski definition) is 4. The van der Waals surface area contributed by atoms with Gasteiger partial charge in [0.05, 0.1) is 7.11 Å². The molecule has 0 unspecified atom stereocenters. The zero-order chi connectivity index (χ0) is 15.7. The van der Waals surface area contributed by atoms with Crippen molar-refractivity contribution >= 4 is 8.80 Å². The second-order valence-electron chi connectivity index (χ2n) is 4.80. The maximum absolute atomic E-state index is 5.88. The van der Waals surface area contributed by atoms with Gasteiger partial charge in [0.15, 0.2) is 0 Å². The summed E-state index contributed by atoms with van der Waals surface area (Å²) in [6.07, 6.45) is 0.829. The van der Waals surface area contributed by atoms with E-state index in [1.807, 2.05) is 20.8 Å². The third-order valence-electron chi connectivity index (χ3n) is 3.24. The Morgan fingerprint density at radius 1 is 0.952 bits per heavy atom. The van der Waals surface area contributed by atoms with Gasteiger partial charge in [-0.2, -0.15) is 0 Å². The molecule has 0 fully saturated rings. The van der Waals surface area contributed by atoms with Crippen LogP contribution in [0.25, 0.3) is 0 Å². The van der Waals surface area contributed by atoms with E-state index in [9.17, 15) is 0 Å². The number of ether oxygens (including phenoxy) is 1. The Morgan fingerprint density at radius 3 is 2.00 bits per heavy atom. The Kier molecular flexibility index (Phi) is 7.96. The Bertz CT molecular complexity index is 406. The van der Waals surface area contributed by atoms with E-state index in [2.05, 4.69) is 25.1 Å². The minimum atomic E-state index is -2.58. The molecule has 0 radical (unpaired) electrons. The molecule has 0 N–H and O–H groups in total. The largest absolute Gasteiger partial charge is 0.501 e. The lowest BCUT2D eigenvalue weighted by Crippen LogP contribution is -2.46. The third-order valence-corrected chi connectivity index (χ3v) is 6.28. The molecule has 1 rings (SSSR count). The van der Waals surface area contributed by atoms with Crippen molar-refractivity contribution in [3.8, 4) is 5.75 Å². The summed E-state index contributed by atoms with van der Waals surface area (Å²) in [5.41, 5.74) is 2.36. The van der Waals surface area contributed by atoms with Crippen molar-refractivity contribution < 1.29 is 18.0 Å². The molecule has 0 aliphatic rings. The molecule has 0 atom stereocenters. The average Bonchev–Trinajstić information content (AvgIpc) is 2.46. The van der Waals surface area contributed by atoms with Crippen molar-refractivity contribution in [3.05, 3.63) is 29.3 Å². The van der Waals surface area contributed by atoms with Crippen LogP contribution in [0.2, 0.25) is 6.04 Å². The molecule has 0 aromatic heterocycles. The topological polar surface area (TPSA) is 36.9 Å². The second kappa shape index (κ2) is 9.20. The van der Waals surface area contributed by atoms with Crippen molar-refractivity contribution in [2.45, 2.75) is 40.2 Å². The van der Waals surface area contributed by atoms with Crippen molar-refractivity contribution in [1.82, 2.24) is 0 Å². The standard InChI is InChI=1S/C16H28O4Si/c1-6-18-21(19-7-2,20-8-3)12-11-15-10-9-14(4)13-16(15)17-5/h9-10,13H,6-8,11-12H2,1-5H3. The van der Waals surface area contributed by atoms with E-state index in [4.69, 9.17) is 18.0 Å². The van der Waals surface area contributed by atoms with Crippen LogP contribution in [0.3, 0.4) is 0 Å². The summed E-state index contributed by atoms with van der Waals surface area (Å²) < 4.78 is 23.1. The van der Waals surface area contributed by atoms with E-state index in [0.717, 1.165) is 18.2 Å². The lowest BCUT2D eigenvalue weighted by Gasteiger charge is -2.28. The number of aryl methyl sites for hydroxylation is 2. The highest BCUT2D eigenvalue weighted by molar-refractivity contribution is 6.60. The Hall–Kier alpha value is -0.883. The molecule has 4 nitrogen and oxygen atoms in total. The summed E-state index contributed by atoms with van der Waals surface area (Å²) >= 11 is 0. The monoisotopic (exact) mass is 312 g/mol. The first-order chi connectivity index (χ1) is 10.1. The van der Waals surface area contributed by atoms with E-state index in [1.54, 1.807) is 7.11 Å². The molecule has 1 aromatic carbocycles. The maximum Gasteiger partial charge on any atom is 0.501 e. The molecular weight excluding hydrogens is 284 g/mol. The number of hydrogen-bond donors (Lipinski definition) is 0. The Labute approximate surface area is 129 Å². The van der Waals surface area contributed by atoms with Gasteiger partial charge in [0.25, 0.3) is 0 Å². The summed E-state index contributed by atoms with van der Waals surface area (Å²) in [6, 6.07) is 7.03. The van der Waals surface area contributed by atoms with Crippen LogP contribution < -0.4 is 4.74 Å². The van der Waals surface area contributed by atoms with Crippen molar-refractivity contribution in [2.75, 3.05) is 26.9 Å². The number of benzene rings is 1. The van der Waals surface area contributed by atoms with Crippen LogP contribution in [-0.2, 0) is 19.7 Å². The minimum absolute atomic E-state index is 0.608. The zero-order valence-corrected chi connectivity index (χ0v) is 14.9. The average molecular weight is 312 g/mol. The lowest BCUT2D eigenvalue weighted by atomic mass is 10.1. The van der Waals surface area contributed by atoms with Gasteiger partial charge in [-0.3, -0.25) is 0 Å². The van der Waals surface area contributed by atoms with Gasteiger partial charge >= 0.3 is 8.80 Å². The molecule has 0 bridgehead atoms. The molecule has 5 heteroatoms. The van der Waals surface area contributed by atoms with Crippen LogP contribution in [0.5, 0.6) is 5.75 Å². The minimum Gasteiger partial charge on any atom is -0.496 e. The molecule has 0 saturated heterocycles. The number of methoxy groups -OCH3 is 1. The van der Waals surface area contributed by atoms with Crippen molar-refractivity contribution in [1.29, 1.82) is 0 Å². The second-order valence-corrected chi connectivity index (χ2v) is 7.53. The molecule has 0 aliphatic carbocycles. The van der Waals surface area contributed by atoms with E-state index in [0.29, 0.717) is 19.8 Å². The molecule has 0 aliphatic heterocycles. The van der Waals surface area contributed by atoms with Gasteiger partial charge in [0.1, 0.15) is 5.75 Å². The maximum atomic E-state index is 5.88. The molecular formula is C16H28O4Si. The molecule has 120 valence electrons. The van der Waals surface area contributed by atoms with E-state index < -0.39 is 8.80 Å². The fourth-order valence-corrected chi connectivity index (χ4v) is 4.93. The predicted octanol–water partition coefficient (Wildman–Crippen LogP) is 3.59. The third kappa shape index (κ3) is 5.43. The first-order valence-corrected chi connectivity index (χ1v) is 9.59. The highest BCUT2D eigenvalue weighted by Crippen LogP contribution is 2.25. The van der Waals surface area contributed by atoms with Crippen molar-refractivity contribution in [2.24, 2.45) is 0 Å². The highest BCUT2D eigenvalue weighted by Gasteiger charge is 2.40. The molecule has 0 amide bonds. The van der Waals surface area contributed by atoms with E-state index in [-0.39, 0.29) is 0 Å². The smallest absolute Gasteiger partial charge is 0.496 e. The quantitative estimate of drug-likeness (QED) is 0.619. The Morgan fingerprint density at radius 2 is 1.52 bits per heavy atom. The summed E-state index contributed by atoms with van der Waals surface area (Å²) in [5, 5.41) is 0. The van der Waals surface area contributed by atoms with Gasteiger partial charge in [-0.1, -0.05) is 12.1 Å². The summed E-state index contributed by atoms with van der Waals surface area (Å²) in [5.74, 6) is 0.919. The van der Waals surface area contributed by atoms with Gasteiger partial charge in [0.2, 0.25) is 0 Å². The summed E-state index contributed by atoms with van der Waals surface area (Å²) in [7, 11) is -0.878. The summed E-state index contributed by atoms with van der Waals surface area (Å²) in [4.78, 5) is 0. The first-order valence-electron chi connectivity index (χ1n) is 7.66. The van der Waals surface area contributed by atoms with Crippen LogP contribution in [-0.4, -0.2) is 35.7 Å². The fourth-order valence-electron chi connectivity index (χ4n) is 2.35. The molecule has 1 aromatic rings. The Balaban J connectivity index is 2.84. The fraction of sp³-hybridized carbons (Fsp3) is 0.625. The normalized spacial score (nSPS) is 11.7. The van der Waals surface area contributed by atoms with Crippen molar-refractivity contribution in [3.63, 3.8) is 0 Å². The van der Waals surface area contributed by atoms with Crippen LogP contribution >= 0.6 is 0 Å². The first kappa shape index (κ1) is 18.2. The van der Waals surface area contributed by atoms with E-state index >= 15 is 0 Å². The van der Waals surface area contributed by atoms with Crippen LogP contribution in [0.15, 0.2) is 18.2 Å². The molecule has 0 spiro atoms. The van der Waals surface area contributed by atoms with Crippen LogP contribution in [0, 0.1) is 6.92 Å². The van der Waals surface area contributed by atoms with Crippen LogP contribution in [0.4, 0.5) is 0 Å². The zero-order valence-electron chi connectivity index (χ0n) is 13.9. The van der Waals surface area contributed by atoms with Gasteiger partial charge in [-0.15, -0.1) is 0 Å². The molecule has 0 heterocycles. The van der Waals surface area contributed by atoms with Crippen LogP contribution in [0.1, 0.15) is 31.9 Å². The van der Waals surface area contributed by atoms with Gasteiger partial charge in [-0.05, 0) is 51.3 Å². The van der Waals surface area contributed by atoms with Gasteiger partial charge in [0, 0.05) is 25.9 Å². The predicted molar refractivity (Wildman–Crippen MR) is 86.9 cm³/mol. The van der Waals surface area contributed by atoms with Gasteiger partial charge < -0.3 is 18.0 Å².